The number of carbonyl (C=O) groups is 1. The molecule has 0 spiro atoms. The van der Waals surface area contributed by atoms with Crippen LogP contribution in [0, 0.1) is 10.7 Å². The number of aromatic amines is 1. The Kier molecular flexibility index (Phi) is 6.11. The van der Waals surface area contributed by atoms with Crippen molar-refractivity contribution in [3.8, 4) is 0 Å². The number of ether oxygens (including phenoxy) is 1. The zero-order chi connectivity index (χ0) is 21.1. The second-order valence-electron chi connectivity index (χ2n) is 7.55. The Bertz CT molecular complexity index is 1170. The van der Waals surface area contributed by atoms with Gasteiger partial charge in [-0.25, -0.2) is 0 Å². The molecule has 1 fully saturated rings. The van der Waals surface area contributed by atoms with Gasteiger partial charge in [-0.1, -0.05) is 30.3 Å². The van der Waals surface area contributed by atoms with Crippen LogP contribution in [0.5, 0.6) is 0 Å². The standard InChI is InChI=1S/C23H25N3O3S/c1-2-26-22(28)18-11-10-16(13-19(18)25-23(26)30)21(27)24-14-17-9-6-12-29-20(17)15-7-4-3-5-8-15/h3-5,7-8,10-11,13,17,20H,2,6,9,12,14H2,1H3,(H,24,27)(H,25,30). The minimum absolute atomic E-state index is 0.0135. The minimum atomic E-state index is -0.173. The summed E-state index contributed by atoms with van der Waals surface area (Å²) < 4.78 is 7.88. The van der Waals surface area contributed by atoms with Crippen LogP contribution < -0.4 is 10.9 Å². The molecule has 2 heterocycles. The first-order chi connectivity index (χ1) is 14.6. The number of rotatable bonds is 5. The van der Waals surface area contributed by atoms with Crippen molar-refractivity contribution in [2.75, 3.05) is 13.2 Å². The number of nitrogens with zero attached hydrogens (tertiary/aromatic N) is 1. The van der Waals surface area contributed by atoms with Crippen molar-refractivity contribution in [1.29, 1.82) is 0 Å². The molecule has 4 rings (SSSR count). The van der Waals surface area contributed by atoms with Crippen LogP contribution in [0.3, 0.4) is 0 Å². The van der Waals surface area contributed by atoms with E-state index in [1.165, 1.54) is 4.57 Å². The van der Waals surface area contributed by atoms with Crippen LogP contribution in [0.4, 0.5) is 0 Å². The molecule has 1 amide bonds. The van der Waals surface area contributed by atoms with Gasteiger partial charge in [0.2, 0.25) is 0 Å². The Hall–Kier alpha value is -2.77. The molecule has 1 aliphatic rings. The Labute approximate surface area is 179 Å². The molecule has 156 valence electrons. The van der Waals surface area contributed by atoms with Gasteiger partial charge in [0.05, 0.1) is 17.0 Å². The van der Waals surface area contributed by atoms with Crippen molar-refractivity contribution in [2.45, 2.75) is 32.4 Å². The lowest BCUT2D eigenvalue weighted by Crippen LogP contribution is -2.35. The van der Waals surface area contributed by atoms with Gasteiger partial charge in [-0.15, -0.1) is 0 Å². The van der Waals surface area contributed by atoms with Crippen molar-refractivity contribution >= 4 is 29.0 Å². The number of amides is 1. The molecule has 0 radical (unpaired) electrons. The molecule has 2 atom stereocenters. The number of nitrogens with one attached hydrogen (secondary N) is 2. The third kappa shape index (κ3) is 4.08. The van der Waals surface area contributed by atoms with Gasteiger partial charge in [0, 0.05) is 31.2 Å². The van der Waals surface area contributed by atoms with E-state index in [0.717, 1.165) is 25.0 Å². The fraction of sp³-hybridized carbons (Fsp3) is 0.348. The van der Waals surface area contributed by atoms with Gasteiger partial charge >= 0.3 is 0 Å². The molecule has 30 heavy (non-hydrogen) atoms. The summed E-state index contributed by atoms with van der Waals surface area (Å²) in [6.07, 6.45) is 1.97. The first kappa shape index (κ1) is 20.5. The number of benzene rings is 2. The monoisotopic (exact) mass is 423 g/mol. The second-order valence-corrected chi connectivity index (χ2v) is 7.94. The molecule has 0 bridgehead atoms. The highest BCUT2D eigenvalue weighted by Gasteiger charge is 2.27. The maximum Gasteiger partial charge on any atom is 0.262 e. The molecule has 1 saturated heterocycles. The summed E-state index contributed by atoms with van der Waals surface area (Å²) in [4.78, 5) is 28.4. The van der Waals surface area contributed by atoms with Gasteiger partial charge in [-0.05, 0) is 55.7 Å². The predicted octanol–water partition coefficient (Wildman–Crippen LogP) is 3.98. The lowest BCUT2D eigenvalue weighted by molar-refractivity contribution is -0.0272. The maximum atomic E-state index is 12.8. The summed E-state index contributed by atoms with van der Waals surface area (Å²) in [5.41, 5.74) is 2.07. The van der Waals surface area contributed by atoms with E-state index in [-0.39, 0.29) is 23.5 Å². The average Bonchev–Trinajstić information content (AvgIpc) is 2.78. The van der Waals surface area contributed by atoms with E-state index < -0.39 is 0 Å². The fourth-order valence-electron chi connectivity index (χ4n) is 4.07. The maximum absolute atomic E-state index is 12.8. The van der Waals surface area contributed by atoms with Crippen molar-refractivity contribution < 1.29 is 9.53 Å². The van der Waals surface area contributed by atoms with Gasteiger partial charge in [-0.2, -0.15) is 0 Å². The van der Waals surface area contributed by atoms with E-state index in [4.69, 9.17) is 17.0 Å². The Balaban J connectivity index is 1.51. The van der Waals surface area contributed by atoms with Gasteiger partial charge in [0.25, 0.3) is 11.5 Å². The number of aromatic nitrogens is 2. The SMILES string of the molecule is CCn1c(=S)[nH]c2cc(C(=O)NCC3CCCOC3c3ccccc3)ccc2c1=O. The van der Waals surface area contributed by atoms with Gasteiger partial charge < -0.3 is 15.0 Å². The number of carbonyl (C=O) groups excluding carboxylic acids is 1. The summed E-state index contributed by atoms with van der Waals surface area (Å²) in [6, 6.07) is 15.2. The molecule has 2 aromatic carbocycles. The molecule has 1 aromatic heterocycles. The molecule has 3 aromatic rings. The highest BCUT2D eigenvalue weighted by molar-refractivity contribution is 7.71. The largest absolute Gasteiger partial charge is 0.373 e. The van der Waals surface area contributed by atoms with Gasteiger partial charge in [0.1, 0.15) is 0 Å². The van der Waals surface area contributed by atoms with Crippen molar-refractivity contribution in [3.63, 3.8) is 0 Å². The summed E-state index contributed by atoms with van der Waals surface area (Å²) in [5, 5.41) is 3.56. The molecule has 1 aliphatic heterocycles. The van der Waals surface area contributed by atoms with Crippen LogP contribution in [-0.4, -0.2) is 28.6 Å². The number of hydrogen-bond acceptors (Lipinski definition) is 4. The van der Waals surface area contributed by atoms with Gasteiger partial charge in [0.15, 0.2) is 4.77 Å². The van der Waals surface area contributed by atoms with E-state index in [2.05, 4.69) is 22.4 Å². The Morgan fingerprint density at radius 2 is 2.07 bits per heavy atom. The Morgan fingerprint density at radius 1 is 1.27 bits per heavy atom. The smallest absolute Gasteiger partial charge is 0.262 e. The summed E-state index contributed by atoms with van der Waals surface area (Å²) in [5.74, 6) is 0.0430. The topological polar surface area (TPSA) is 76.1 Å². The highest BCUT2D eigenvalue weighted by Crippen LogP contribution is 2.33. The normalized spacial score (nSPS) is 19.0. The molecule has 2 unspecified atom stereocenters. The minimum Gasteiger partial charge on any atom is -0.373 e. The molecule has 2 N–H and O–H groups in total. The van der Waals surface area contributed by atoms with E-state index in [0.29, 0.717) is 34.3 Å². The molecule has 7 heteroatoms. The van der Waals surface area contributed by atoms with Crippen molar-refractivity contribution in [2.24, 2.45) is 5.92 Å². The van der Waals surface area contributed by atoms with Crippen LogP contribution in [0.2, 0.25) is 0 Å². The van der Waals surface area contributed by atoms with E-state index in [9.17, 15) is 9.59 Å². The number of fused-ring (bicyclic) bond motifs is 1. The Morgan fingerprint density at radius 3 is 2.83 bits per heavy atom. The van der Waals surface area contributed by atoms with Crippen LogP contribution in [0.15, 0.2) is 53.3 Å². The summed E-state index contributed by atoms with van der Waals surface area (Å²) in [6.45, 7) is 3.64. The number of H-pyrrole nitrogens is 1. The second kappa shape index (κ2) is 8.93. The highest BCUT2D eigenvalue weighted by atomic mass is 32.1. The fourth-order valence-corrected chi connectivity index (χ4v) is 4.39. The third-order valence-corrected chi connectivity index (χ3v) is 5.98. The first-order valence-corrected chi connectivity index (χ1v) is 10.7. The van der Waals surface area contributed by atoms with E-state index >= 15 is 0 Å². The van der Waals surface area contributed by atoms with E-state index in [1.807, 2.05) is 25.1 Å². The average molecular weight is 424 g/mol. The molecule has 6 nitrogen and oxygen atoms in total. The van der Waals surface area contributed by atoms with Crippen LogP contribution in [0.25, 0.3) is 10.9 Å². The quantitative estimate of drug-likeness (QED) is 0.609. The zero-order valence-corrected chi connectivity index (χ0v) is 17.7. The first-order valence-electron chi connectivity index (χ1n) is 10.3. The zero-order valence-electron chi connectivity index (χ0n) is 16.9. The predicted molar refractivity (Wildman–Crippen MR) is 119 cm³/mol. The molecular weight excluding hydrogens is 398 g/mol. The summed E-state index contributed by atoms with van der Waals surface area (Å²) >= 11 is 5.26. The van der Waals surface area contributed by atoms with Crippen LogP contribution in [-0.2, 0) is 11.3 Å². The van der Waals surface area contributed by atoms with Crippen LogP contribution in [0.1, 0.15) is 41.8 Å². The molecule has 0 aliphatic carbocycles. The van der Waals surface area contributed by atoms with Crippen molar-refractivity contribution in [3.05, 3.63) is 74.8 Å². The number of hydrogen-bond donors (Lipinski definition) is 2. The lowest BCUT2D eigenvalue weighted by Gasteiger charge is -2.32. The van der Waals surface area contributed by atoms with Crippen molar-refractivity contribution in [1.82, 2.24) is 14.9 Å². The third-order valence-electron chi connectivity index (χ3n) is 5.66. The van der Waals surface area contributed by atoms with E-state index in [1.54, 1.807) is 18.2 Å². The molecule has 0 saturated carbocycles. The summed E-state index contributed by atoms with van der Waals surface area (Å²) in [7, 11) is 0. The lowest BCUT2D eigenvalue weighted by atomic mass is 9.89. The van der Waals surface area contributed by atoms with Crippen LogP contribution >= 0.6 is 12.2 Å². The molecular formula is C23H25N3O3S. The van der Waals surface area contributed by atoms with Gasteiger partial charge in [-0.3, -0.25) is 14.2 Å².